The maximum Gasteiger partial charge on any atom is 0.0558 e. The summed E-state index contributed by atoms with van der Waals surface area (Å²) in [4.78, 5) is 3.86. The molecule has 18 heavy (non-hydrogen) atoms. The van der Waals surface area contributed by atoms with E-state index in [2.05, 4.69) is 15.6 Å². The third-order valence-electron chi connectivity index (χ3n) is 3.57. The molecule has 1 fully saturated rings. The normalized spacial score (nSPS) is 17.7. The molecule has 2 nitrogen and oxygen atoms in total. The van der Waals surface area contributed by atoms with E-state index >= 15 is 0 Å². The molecule has 0 atom stereocenters. The number of hydrogen-bond acceptors (Lipinski definition) is 3. The molecule has 1 aliphatic rings. The zero-order valence-corrected chi connectivity index (χ0v) is 13.2. The van der Waals surface area contributed by atoms with Gasteiger partial charge in [0.15, 0.2) is 0 Å². The van der Waals surface area contributed by atoms with Gasteiger partial charge in [-0.2, -0.15) is 0 Å². The number of nitrogens with one attached hydrogen (secondary N) is 1. The standard InChI is InChI=1S/C13H21ClN2S.ClH/c1-15-6-2-11-3-7-16(8-4-11)10-13-12(14)5-9-17-13;/h5,9,11,15H,2-4,6-8,10H2,1H3;1H. The van der Waals surface area contributed by atoms with E-state index in [-0.39, 0.29) is 12.4 Å². The van der Waals surface area contributed by atoms with Gasteiger partial charge in [0.05, 0.1) is 5.02 Å². The zero-order chi connectivity index (χ0) is 12.1. The van der Waals surface area contributed by atoms with Gasteiger partial charge < -0.3 is 5.32 Å². The third kappa shape index (κ3) is 4.71. The Morgan fingerprint density at radius 1 is 1.44 bits per heavy atom. The summed E-state index contributed by atoms with van der Waals surface area (Å²) >= 11 is 7.91. The molecule has 1 aromatic heterocycles. The average Bonchev–Trinajstić information content (AvgIpc) is 2.74. The van der Waals surface area contributed by atoms with Crippen LogP contribution in [0.5, 0.6) is 0 Å². The van der Waals surface area contributed by atoms with Crippen LogP contribution in [0.1, 0.15) is 24.1 Å². The van der Waals surface area contributed by atoms with Crippen molar-refractivity contribution in [2.45, 2.75) is 25.8 Å². The van der Waals surface area contributed by atoms with E-state index in [0.29, 0.717) is 0 Å². The van der Waals surface area contributed by atoms with Crippen molar-refractivity contribution in [1.29, 1.82) is 0 Å². The highest BCUT2D eigenvalue weighted by Crippen LogP contribution is 2.26. The van der Waals surface area contributed by atoms with Crippen LogP contribution in [-0.4, -0.2) is 31.6 Å². The maximum atomic E-state index is 6.13. The first-order valence-corrected chi connectivity index (χ1v) is 7.64. The van der Waals surface area contributed by atoms with Crippen molar-refractivity contribution < 1.29 is 0 Å². The summed E-state index contributed by atoms with van der Waals surface area (Å²) in [6, 6.07) is 2.00. The molecule has 0 unspecified atom stereocenters. The van der Waals surface area contributed by atoms with Crippen molar-refractivity contribution in [3.05, 3.63) is 21.3 Å². The fraction of sp³-hybridized carbons (Fsp3) is 0.692. The molecular weight excluding hydrogens is 287 g/mol. The minimum Gasteiger partial charge on any atom is -0.320 e. The fourth-order valence-electron chi connectivity index (χ4n) is 2.42. The largest absolute Gasteiger partial charge is 0.320 e. The summed E-state index contributed by atoms with van der Waals surface area (Å²) in [5, 5.41) is 6.26. The highest BCUT2D eigenvalue weighted by atomic mass is 35.5. The molecule has 0 bridgehead atoms. The Labute approximate surface area is 125 Å². The smallest absolute Gasteiger partial charge is 0.0558 e. The minimum absolute atomic E-state index is 0. The summed E-state index contributed by atoms with van der Waals surface area (Å²) in [5.41, 5.74) is 0. The Hall–Kier alpha value is 0.200. The number of hydrogen-bond donors (Lipinski definition) is 1. The van der Waals surface area contributed by atoms with E-state index in [1.165, 1.54) is 37.2 Å². The van der Waals surface area contributed by atoms with E-state index in [4.69, 9.17) is 11.6 Å². The zero-order valence-electron chi connectivity index (χ0n) is 10.8. The first-order valence-electron chi connectivity index (χ1n) is 6.38. The molecule has 1 aliphatic heterocycles. The molecule has 1 saturated heterocycles. The number of halogens is 2. The highest BCUT2D eigenvalue weighted by Gasteiger charge is 2.19. The van der Waals surface area contributed by atoms with Gasteiger partial charge in [0.25, 0.3) is 0 Å². The molecule has 0 aliphatic carbocycles. The van der Waals surface area contributed by atoms with Crippen molar-refractivity contribution in [3.8, 4) is 0 Å². The van der Waals surface area contributed by atoms with Gasteiger partial charge in [-0.3, -0.25) is 4.90 Å². The maximum absolute atomic E-state index is 6.13. The van der Waals surface area contributed by atoms with Gasteiger partial charge in [0.1, 0.15) is 0 Å². The second kappa shape index (κ2) is 8.39. The minimum atomic E-state index is 0. The lowest BCUT2D eigenvalue weighted by Crippen LogP contribution is -2.33. The Balaban J connectivity index is 0.00000162. The van der Waals surface area contributed by atoms with Crippen molar-refractivity contribution in [2.24, 2.45) is 5.92 Å². The number of rotatable bonds is 5. The van der Waals surface area contributed by atoms with Crippen LogP contribution in [-0.2, 0) is 6.54 Å². The van der Waals surface area contributed by atoms with Crippen LogP contribution in [0.15, 0.2) is 11.4 Å². The van der Waals surface area contributed by atoms with Gasteiger partial charge in [-0.1, -0.05) is 11.6 Å². The molecule has 0 amide bonds. The molecule has 0 spiro atoms. The summed E-state index contributed by atoms with van der Waals surface area (Å²) in [5.74, 6) is 0.914. The number of likely N-dealkylation sites (tertiary alicyclic amines) is 1. The Bertz CT molecular complexity index is 335. The Morgan fingerprint density at radius 2 is 2.17 bits per heavy atom. The highest BCUT2D eigenvalue weighted by molar-refractivity contribution is 7.10. The molecule has 0 aromatic carbocycles. The molecular formula is C13H22Cl2N2S. The molecule has 2 rings (SSSR count). The van der Waals surface area contributed by atoms with Gasteiger partial charge in [-0.25, -0.2) is 0 Å². The summed E-state index contributed by atoms with van der Waals surface area (Å²) in [6.45, 7) is 4.64. The predicted molar refractivity (Wildman–Crippen MR) is 83.1 cm³/mol. The van der Waals surface area contributed by atoms with Crippen LogP contribution in [0.25, 0.3) is 0 Å². The summed E-state index contributed by atoms with van der Waals surface area (Å²) in [7, 11) is 2.04. The third-order valence-corrected chi connectivity index (χ3v) is 4.94. The van der Waals surface area contributed by atoms with E-state index in [1.54, 1.807) is 11.3 Å². The molecule has 0 radical (unpaired) electrons. The van der Waals surface area contributed by atoms with Crippen LogP contribution < -0.4 is 5.32 Å². The van der Waals surface area contributed by atoms with Gasteiger partial charge >= 0.3 is 0 Å². The van der Waals surface area contributed by atoms with E-state index in [9.17, 15) is 0 Å². The van der Waals surface area contributed by atoms with Crippen LogP contribution in [0.3, 0.4) is 0 Å². The molecule has 1 aromatic rings. The molecule has 1 N–H and O–H groups in total. The quantitative estimate of drug-likeness (QED) is 0.893. The predicted octanol–water partition coefficient (Wildman–Crippen LogP) is 3.64. The van der Waals surface area contributed by atoms with Crippen molar-refractivity contribution in [1.82, 2.24) is 10.2 Å². The Morgan fingerprint density at radius 3 is 2.72 bits per heavy atom. The van der Waals surface area contributed by atoms with Crippen LogP contribution >= 0.6 is 35.3 Å². The lowest BCUT2D eigenvalue weighted by Gasteiger charge is -2.31. The number of piperidine rings is 1. The summed E-state index contributed by atoms with van der Waals surface area (Å²) < 4.78 is 0. The van der Waals surface area contributed by atoms with Crippen molar-refractivity contribution in [3.63, 3.8) is 0 Å². The number of thiophene rings is 1. The molecule has 0 saturated carbocycles. The van der Waals surface area contributed by atoms with E-state index in [0.717, 1.165) is 24.0 Å². The first-order chi connectivity index (χ1) is 8.29. The Kier molecular flexibility index (Phi) is 7.57. The monoisotopic (exact) mass is 308 g/mol. The first kappa shape index (κ1) is 16.3. The lowest BCUT2D eigenvalue weighted by atomic mass is 9.93. The van der Waals surface area contributed by atoms with Gasteiger partial charge in [-0.05, 0) is 63.3 Å². The van der Waals surface area contributed by atoms with Crippen molar-refractivity contribution in [2.75, 3.05) is 26.7 Å². The second-order valence-corrected chi connectivity index (χ2v) is 6.21. The number of nitrogens with zero attached hydrogens (tertiary/aromatic N) is 1. The van der Waals surface area contributed by atoms with Crippen LogP contribution in [0.2, 0.25) is 5.02 Å². The van der Waals surface area contributed by atoms with Crippen LogP contribution in [0.4, 0.5) is 0 Å². The topological polar surface area (TPSA) is 15.3 Å². The summed E-state index contributed by atoms with van der Waals surface area (Å²) in [6.07, 6.45) is 4.00. The molecule has 2 heterocycles. The lowest BCUT2D eigenvalue weighted by molar-refractivity contribution is 0.173. The van der Waals surface area contributed by atoms with Crippen molar-refractivity contribution >= 4 is 35.3 Å². The average molecular weight is 309 g/mol. The second-order valence-electron chi connectivity index (χ2n) is 4.80. The van der Waals surface area contributed by atoms with E-state index in [1.807, 2.05) is 13.1 Å². The SMILES string of the molecule is CNCCC1CCN(Cc2sccc2Cl)CC1.Cl. The van der Waals surface area contributed by atoms with Gasteiger partial charge in [0, 0.05) is 11.4 Å². The van der Waals surface area contributed by atoms with Gasteiger partial charge in [0.2, 0.25) is 0 Å². The molecule has 5 heteroatoms. The van der Waals surface area contributed by atoms with Gasteiger partial charge in [-0.15, -0.1) is 23.7 Å². The van der Waals surface area contributed by atoms with E-state index < -0.39 is 0 Å². The molecule has 104 valence electrons. The van der Waals surface area contributed by atoms with Crippen LogP contribution in [0, 0.1) is 5.92 Å². The fourth-order valence-corrected chi connectivity index (χ4v) is 3.56.